The van der Waals surface area contributed by atoms with Crippen LogP contribution in [0, 0.1) is 6.92 Å². The van der Waals surface area contributed by atoms with Crippen molar-refractivity contribution in [3.8, 4) is 0 Å². The van der Waals surface area contributed by atoms with Crippen molar-refractivity contribution >= 4 is 17.7 Å². The second kappa shape index (κ2) is 8.64. The van der Waals surface area contributed by atoms with Gasteiger partial charge in [-0.15, -0.1) is 0 Å². The van der Waals surface area contributed by atoms with Crippen molar-refractivity contribution in [3.05, 3.63) is 11.8 Å². The van der Waals surface area contributed by atoms with Crippen LogP contribution in [-0.2, 0) is 30.3 Å². The lowest BCUT2D eigenvalue weighted by atomic mass is 10.2. The summed E-state index contributed by atoms with van der Waals surface area (Å²) < 4.78 is 17.1. The maximum Gasteiger partial charge on any atom is 0.327 e. The minimum Gasteiger partial charge on any atom is -0.465 e. The van der Waals surface area contributed by atoms with Crippen LogP contribution in [0.2, 0.25) is 0 Å². The van der Waals surface area contributed by atoms with Crippen molar-refractivity contribution in [1.82, 2.24) is 9.78 Å². The highest BCUT2D eigenvalue weighted by Crippen LogP contribution is 2.12. The Labute approximate surface area is 135 Å². The fourth-order valence-corrected chi connectivity index (χ4v) is 2.33. The highest BCUT2D eigenvalue weighted by atomic mass is 16.5. The first-order chi connectivity index (χ1) is 11.1. The average molecular weight is 325 g/mol. The fraction of sp³-hybridized carbons (Fsp3) is 0.667. The molecule has 0 spiro atoms. The minimum atomic E-state index is -0.402. The summed E-state index contributed by atoms with van der Waals surface area (Å²) in [5.74, 6) is -0.255. The van der Waals surface area contributed by atoms with Crippen molar-refractivity contribution in [2.75, 3.05) is 31.7 Å². The number of aryl methyl sites for hydroxylation is 1. The summed E-state index contributed by atoms with van der Waals surface area (Å²) in [7, 11) is 0. The van der Waals surface area contributed by atoms with Gasteiger partial charge >= 0.3 is 5.97 Å². The molecule has 1 saturated heterocycles. The molecule has 0 aliphatic carbocycles. The van der Waals surface area contributed by atoms with Gasteiger partial charge in [-0.3, -0.25) is 9.59 Å². The average Bonchev–Trinajstić information content (AvgIpc) is 3.10. The molecule has 1 aliphatic heterocycles. The normalized spacial score (nSPS) is 17.2. The number of ether oxygens (including phenoxy) is 3. The lowest BCUT2D eigenvalue weighted by Crippen LogP contribution is -2.24. The van der Waals surface area contributed by atoms with Crippen LogP contribution in [-0.4, -0.2) is 54.2 Å². The van der Waals surface area contributed by atoms with Crippen LogP contribution in [0.5, 0.6) is 0 Å². The van der Waals surface area contributed by atoms with Crippen molar-refractivity contribution in [1.29, 1.82) is 0 Å². The highest BCUT2D eigenvalue weighted by molar-refractivity contribution is 5.91. The zero-order valence-corrected chi connectivity index (χ0v) is 13.5. The Morgan fingerprint density at radius 1 is 1.52 bits per heavy atom. The highest BCUT2D eigenvalue weighted by Gasteiger charge is 2.17. The number of carbonyl (C=O) groups excluding carboxylic acids is 2. The third kappa shape index (κ3) is 5.65. The third-order valence-corrected chi connectivity index (χ3v) is 3.31. The van der Waals surface area contributed by atoms with E-state index in [0.717, 1.165) is 19.4 Å². The summed E-state index contributed by atoms with van der Waals surface area (Å²) in [6, 6.07) is 1.69. The number of hydrogen-bond acceptors (Lipinski definition) is 6. The van der Waals surface area contributed by atoms with E-state index in [1.807, 2.05) is 0 Å². The fourth-order valence-electron chi connectivity index (χ4n) is 2.33. The molecule has 1 aromatic heterocycles. The summed E-state index contributed by atoms with van der Waals surface area (Å²) in [5.41, 5.74) is 0.699. The Hall–Kier alpha value is -1.93. The van der Waals surface area contributed by atoms with Gasteiger partial charge in [0.05, 0.1) is 25.0 Å². The molecule has 1 atom stereocenters. The van der Waals surface area contributed by atoms with Crippen LogP contribution in [0.25, 0.3) is 0 Å². The van der Waals surface area contributed by atoms with Gasteiger partial charge in [0.15, 0.2) is 0 Å². The number of carbonyl (C=O) groups is 2. The van der Waals surface area contributed by atoms with Crippen LogP contribution < -0.4 is 5.32 Å². The number of nitrogens with one attached hydrogen (secondary N) is 1. The topological polar surface area (TPSA) is 91.7 Å². The van der Waals surface area contributed by atoms with Crippen LogP contribution in [0.4, 0.5) is 5.82 Å². The summed E-state index contributed by atoms with van der Waals surface area (Å²) >= 11 is 0. The third-order valence-electron chi connectivity index (χ3n) is 3.31. The number of aromatic nitrogens is 2. The number of anilines is 1. The van der Waals surface area contributed by atoms with E-state index in [1.54, 1.807) is 19.9 Å². The number of rotatable bonds is 8. The van der Waals surface area contributed by atoms with Gasteiger partial charge < -0.3 is 19.5 Å². The van der Waals surface area contributed by atoms with Crippen molar-refractivity contribution < 1.29 is 23.8 Å². The molecule has 1 N–H and O–H groups in total. The van der Waals surface area contributed by atoms with Gasteiger partial charge in [-0.25, -0.2) is 4.68 Å². The van der Waals surface area contributed by atoms with Gasteiger partial charge in [0.2, 0.25) is 0 Å². The van der Waals surface area contributed by atoms with Crippen LogP contribution >= 0.6 is 0 Å². The van der Waals surface area contributed by atoms with E-state index >= 15 is 0 Å². The Kier molecular flexibility index (Phi) is 6.54. The van der Waals surface area contributed by atoms with Gasteiger partial charge in [-0.2, -0.15) is 5.10 Å². The second-order valence-corrected chi connectivity index (χ2v) is 5.33. The zero-order chi connectivity index (χ0) is 16.7. The minimum absolute atomic E-state index is 0.0476. The van der Waals surface area contributed by atoms with Crippen molar-refractivity contribution in [3.63, 3.8) is 0 Å². The van der Waals surface area contributed by atoms with Crippen molar-refractivity contribution in [2.24, 2.45) is 0 Å². The molecule has 0 saturated carbocycles. The largest absolute Gasteiger partial charge is 0.465 e. The predicted octanol–water partition coefficient (Wildman–Crippen LogP) is 0.889. The molecule has 128 valence electrons. The molecular weight excluding hydrogens is 302 g/mol. The zero-order valence-electron chi connectivity index (χ0n) is 13.5. The van der Waals surface area contributed by atoms with Gasteiger partial charge in [0, 0.05) is 12.7 Å². The lowest BCUT2D eigenvalue weighted by Gasteiger charge is -2.11. The van der Waals surface area contributed by atoms with Gasteiger partial charge in [-0.05, 0) is 26.7 Å². The summed E-state index contributed by atoms with van der Waals surface area (Å²) in [4.78, 5) is 23.5. The van der Waals surface area contributed by atoms with Crippen LogP contribution in [0.15, 0.2) is 6.07 Å². The predicted molar refractivity (Wildman–Crippen MR) is 82.0 cm³/mol. The standard InChI is InChI=1S/C15H23N3O5/c1-3-22-15(20)8-18-13(7-11(2)17-18)16-14(19)10-21-9-12-5-4-6-23-12/h7,12H,3-6,8-10H2,1-2H3,(H,16,19). The molecule has 23 heavy (non-hydrogen) atoms. The Balaban J connectivity index is 1.81. The van der Waals surface area contributed by atoms with E-state index in [9.17, 15) is 9.59 Å². The second-order valence-electron chi connectivity index (χ2n) is 5.33. The molecule has 2 heterocycles. The molecule has 8 heteroatoms. The van der Waals surface area contributed by atoms with E-state index in [2.05, 4.69) is 10.4 Å². The SMILES string of the molecule is CCOC(=O)Cn1nc(C)cc1NC(=O)COCC1CCCO1. The molecule has 1 fully saturated rings. The molecule has 2 rings (SSSR count). The van der Waals surface area contributed by atoms with Crippen molar-refractivity contribution in [2.45, 2.75) is 39.3 Å². The molecule has 1 amide bonds. The van der Waals surface area contributed by atoms with Gasteiger partial charge in [-0.1, -0.05) is 0 Å². The molecule has 8 nitrogen and oxygen atoms in total. The van der Waals surface area contributed by atoms with Crippen LogP contribution in [0.3, 0.4) is 0 Å². The monoisotopic (exact) mass is 325 g/mol. The number of esters is 1. The quantitative estimate of drug-likeness (QED) is 0.714. The Morgan fingerprint density at radius 3 is 3.04 bits per heavy atom. The molecule has 0 aromatic carbocycles. The van der Waals surface area contributed by atoms with Gasteiger partial charge in [0.1, 0.15) is 19.0 Å². The molecule has 0 bridgehead atoms. The number of amides is 1. The smallest absolute Gasteiger partial charge is 0.327 e. The number of hydrogen-bond donors (Lipinski definition) is 1. The Morgan fingerprint density at radius 2 is 2.35 bits per heavy atom. The summed E-state index contributed by atoms with van der Waals surface area (Å²) in [5, 5.41) is 6.86. The molecule has 1 aromatic rings. The first kappa shape index (κ1) is 17.4. The lowest BCUT2D eigenvalue weighted by molar-refractivity contribution is -0.144. The van der Waals surface area contributed by atoms with Crippen LogP contribution in [0.1, 0.15) is 25.5 Å². The summed E-state index contributed by atoms with van der Waals surface area (Å²) in [6.07, 6.45) is 2.08. The van der Waals surface area contributed by atoms with E-state index in [4.69, 9.17) is 14.2 Å². The van der Waals surface area contributed by atoms with Gasteiger partial charge in [0.25, 0.3) is 5.91 Å². The Bertz CT molecular complexity index is 537. The maximum absolute atomic E-state index is 11.9. The first-order valence-corrected chi connectivity index (χ1v) is 7.77. The summed E-state index contributed by atoms with van der Waals surface area (Å²) in [6.45, 7) is 4.88. The molecule has 0 radical (unpaired) electrons. The van der Waals surface area contributed by atoms with E-state index in [1.165, 1.54) is 4.68 Å². The maximum atomic E-state index is 11.9. The van der Waals surface area contributed by atoms with E-state index in [-0.39, 0.29) is 25.2 Å². The molecular formula is C15H23N3O5. The number of nitrogens with zero attached hydrogens (tertiary/aromatic N) is 2. The van der Waals surface area contributed by atoms with E-state index in [0.29, 0.717) is 24.7 Å². The molecule has 1 aliphatic rings. The molecule has 1 unspecified atom stereocenters. The van der Waals surface area contributed by atoms with E-state index < -0.39 is 5.97 Å². The first-order valence-electron chi connectivity index (χ1n) is 7.77.